The number of halogens is 3. The molecule has 2 atom stereocenters. The Morgan fingerprint density at radius 2 is 2.10 bits per heavy atom. The lowest BCUT2D eigenvalue weighted by atomic mass is 10.2. The summed E-state index contributed by atoms with van der Waals surface area (Å²) in [6.45, 7) is 2.29. The first kappa shape index (κ1) is 20.5. The Balaban J connectivity index is 1.37. The molecule has 0 aromatic carbocycles. The number of ether oxygens (including phenoxy) is 1. The summed E-state index contributed by atoms with van der Waals surface area (Å²) in [6.07, 6.45) is -1.18. The Labute approximate surface area is 174 Å². The van der Waals surface area contributed by atoms with Gasteiger partial charge >= 0.3 is 6.18 Å². The topological polar surface area (TPSA) is 85.7 Å². The number of rotatable bonds is 8. The van der Waals surface area contributed by atoms with E-state index in [2.05, 4.69) is 30.5 Å². The normalized spacial score (nSPS) is 18.3. The largest absolute Gasteiger partial charge is 0.478 e. The molecule has 0 spiro atoms. The van der Waals surface area contributed by atoms with E-state index in [9.17, 15) is 13.2 Å². The standard InChI is InChI=1S/C19H19F3N6OS/c1-11-27-28-17(30-11)10-24-15-9-16(26-18(25-15)19(20,21)22)29-7-5-12-8-13(12)14-4-2-3-6-23-14/h2-4,6,9,12-13H,5,7-8,10H2,1H3,(H,24,25,26)/t12-,13-/m0/s1. The van der Waals surface area contributed by atoms with Gasteiger partial charge in [-0.2, -0.15) is 18.2 Å². The van der Waals surface area contributed by atoms with E-state index in [1.165, 1.54) is 17.4 Å². The van der Waals surface area contributed by atoms with E-state index in [0.29, 0.717) is 16.8 Å². The van der Waals surface area contributed by atoms with Crippen molar-refractivity contribution in [2.24, 2.45) is 5.92 Å². The molecule has 158 valence electrons. The lowest BCUT2D eigenvalue weighted by molar-refractivity contribution is -0.145. The zero-order valence-electron chi connectivity index (χ0n) is 16.1. The van der Waals surface area contributed by atoms with Crippen molar-refractivity contribution in [3.63, 3.8) is 0 Å². The van der Waals surface area contributed by atoms with Crippen LogP contribution in [0.5, 0.6) is 5.88 Å². The molecule has 0 amide bonds. The van der Waals surface area contributed by atoms with E-state index in [1.54, 1.807) is 13.1 Å². The third-order valence-electron chi connectivity index (χ3n) is 4.67. The fourth-order valence-electron chi connectivity index (χ4n) is 3.13. The van der Waals surface area contributed by atoms with Gasteiger partial charge in [-0.15, -0.1) is 10.2 Å². The zero-order chi connectivity index (χ0) is 21.1. The second kappa shape index (κ2) is 8.50. The molecular formula is C19H19F3N6OS. The number of hydrogen-bond donors (Lipinski definition) is 1. The Hall–Kier alpha value is -2.82. The molecule has 1 aliphatic rings. The van der Waals surface area contributed by atoms with Gasteiger partial charge in [0.1, 0.15) is 15.8 Å². The van der Waals surface area contributed by atoms with Crippen molar-refractivity contribution in [1.82, 2.24) is 25.1 Å². The quantitative estimate of drug-likeness (QED) is 0.565. The first-order valence-corrected chi connectivity index (χ1v) is 10.2. The van der Waals surface area contributed by atoms with Crippen molar-refractivity contribution in [2.75, 3.05) is 11.9 Å². The molecule has 4 rings (SSSR count). The van der Waals surface area contributed by atoms with E-state index < -0.39 is 12.0 Å². The molecule has 0 radical (unpaired) electrons. The summed E-state index contributed by atoms with van der Waals surface area (Å²) >= 11 is 1.36. The number of hydrogen-bond acceptors (Lipinski definition) is 8. The summed E-state index contributed by atoms with van der Waals surface area (Å²) in [6, 6.07) is 7.18. The molecule has 3 aromatic heterocycles. The second-order valence-electron chi connectivity index (χ2n) is 6.98. The molecule has 30 heavy (non-hydrogen) atoms. The summed E-state index contributed by atoms with van der Waals surface area (Å²) in [4.78, 5) is 11.4. The van der Waals surface area contributed by atoms with Crippen LogP contribution in [0.25, 0.3) is 0 Å². The molecule has 11 heteroatoms. The highest BCUT2D eigenvalue weighted by molar-refractivity contribution is 7.11. The molecule has 0 bridgehead atoms. The van der Waals surface area contributed by atoms with Crippen molar-refractivity contribution in [1.29, 1.82) is 0 Å². The Morgan fingerprint density at radius 3 is 2.80 bits per heavy atom. The van der Waals surface area contributed by atoms with E-state index in [1.807, 2.05) is 18.2 Å². The Bertz CT molecular complexity index is 997. The molecule has 0 saturated heterocycles. The molecule has 0 unspecified atom stereocenters. The van der Waals surface area contributed by atoms with Crippen LogP contribution in [0.4, 0.5) is 19.0 Å². The van der Waals surface area contributed by atoms with Crippen molar-refractivity contribution < 1.29 is 17.9 Å². The van der Waals surface area contributed by atoms with Gasteiger partial charge in [-0.3, -0.25) is 4.98 Å². The number of nitrogens with zero attached hydrogens (tertiary/aromatic N) is 5. The van der Waals surface area contributed by atoms with Crippen LogP contribution in [0.3, 0.4) is 0 Å². The minimum absolute atomic E-state index is 0.0259. The van der Waals surface area contributed by atoms with Gasteiger partial charge in [0.15, 0.2) is 0 Å². The highest BCUT2D eigenvalue weighted by Gasteiger charge is 2.39. The maximum absolute atomic E-state index is 13.2. The lowest BCUT2D eigenvalue weighted by Gasteiger charge is -2.12. The number of pyridine rings is 1. The summed E-state index contributed by atoms with van der Waals surface area (Å²) < 4.78 is 45.1. The molecule has 1 aliphatic carbocycles. The minimum Gasteiger partial charge on any atom is -0.478 e. The van der Waals surface area contributed by atoms with Gasteiger partial charge in [0.2, 0.25) is 11.7 Å². The van der Waals surface area contributed by atoms with Crippen molar-refractivity contribution in [2.45, 2.75) is 38.4 Å². The average molecular weight is 436 g/mol. The maximum atomic E-state index is 13.2. The zero-order valence-corrected chi connectivity index (χ0v) is 16.9. The molecule has 7 nitrogen and oxygen atoms in total. The van der Waals surface area contributed by atoms with Gasteiger partial charge in [-0.05, 0) is 37.8 Å². The predicted octanol–water partition coefficient (Wildman–Crippen LogP) is 4.24. The highest BCUT2D eigenvalue weighted by atomic mass is 32.1. The van der Waals surface area contributed by atoms with Crippen LogP contribution >= 0.6 is 11.3 Å². The Kier molecular flexibility index (Phi) is 5.80. The van der Waals surface area contributed by atoms with E-state index in [-0.39, 0.29) is 24.8 Å². The summed E-state index contributed by atoms with van der Waals surface area (Å²) in [7, 11) is 0. The number of nitrogens with one attached hydrogen (secondary N) is 1. The van der Waals surface area contributed by atoms with Gasteiger partial charge < -0.3 is 10.1 Å². The molecule has 1 N–H and O–H groups in total. The van der Waals surface area contributed by atoms with Crippen LogP contribution in [0, 0.1) is 12.8 Å². The molecule has 3 heterocycles. The molecule has 0 aliphatic heterocycles. The fraction of sp³-hybridized carbons (Fsp3) is 0.421. The lowest BCUT2D eigenvalue weighted by Crippen LogP contribution is -2.14. The van der Waals surface area contributed by atoms with Crippen molar-refractivity contribution >= 4 is 17.2 Å². The van der Waals surface area contributed by atoms with Crippen molar-refractivity contribution in [3.05, 3.63) is 52.0 Å². The number of alkyl halides is 3. The predicted molar refractivity (Wildman–Crippen MR) is 104 cm³/mol. The minimum atomic E-state index is -4.67. The van der Waals surface area contributed by atoms with Gasteiger partial charge in [0.25, 0.3) is 0 Å². The molecular weight excluding hydrogens is 417 g/mol. The fourth-order valence-corrected chi connectivity index (χ4v) is 3.78. The van der Waals surface area contributed by atoms with Crippen LogP contribution < -0.4 is 10.1 Å². The van der Waals surface area contributed by atoms with Gasteiger partial charge in [0.05, 0.1) is 13.2 Å². The van der Waals surface area contributed by atoms with Crippen LogP contribution in [-0.2, 0) is 12.7 Å². The third-order valence-corrected chi connectivity index (χ3v) is 5.51. The highest BCUT2D eigenvalue weighted by Crippen LogP contribution is 2.48. The van der Waals surface area contributed by atoms with Gasteiger partial charge in [-0.25, -0.2) is 4.98 Å². The van der Waals surface area contributed by atoms with Crippen LogP contribution in [0.15, 0.2) is 30.5 Å². The van der Waals surface area contributed by atoms with Gasteiger partial charge in [0, 0.05) is 23.9 Å². The van der Waals surface area contributed by atoms with Crippen LogP contribution in [0.1, 0.15) is 40.3 Å². The van der Waals surface area contributed by atoms with Crippen molar-refractivity contribution in [3.8, 4) is 5.88 Å². The monoisotopic (exact) mass is 436 g/mol. The summed E-state index contributed by atoms with van der Waals surface area (Å²) in [5, 5.41) is 12.1. The number of anilines is 1. The summed E-state index contributed by atoms with van der Waals surface area (Å²) in [5.74, 6) is -0.518. The smallest absolute Gasteiger partial charge is 0.451 e. The van der Waals surface area contributed by atoms with Crippen LogP contribution in [-0.4, -0.2) is 31.8 Å². The van der Waals surface area contributed by atoms with Gasteiger partial charge in [-0.1, -0.05) is 17.4 Å². The number of aromatic nitrogens is 5. The Morgan fingerprint density at radius 1 is 1.23 bits per heavy atom. The first-order valence-electron chi connectivity index (χ1n) is 9.41. The molecule has 1 saturated carbocycles. The van der Waals surface area contributed by atoms with E-state index in [0.717, 1.165) is 23.5 Å². The molecule has 1 fully saturated rings. The maximum Gasteiger partial charge on any atom is 0.451 e. The second-order valence-corrected chi connectivity index (χ2v) is 8.24. The van der Waals surface area contributed by atoms with E-state index >= 15 is 0 Å². The van der Waals surface area contributed by atoms with E-state index in [4.69, 9.17) is 4.74 Å². The van der Waals surface area contributed by atoms with Crippen LogP contribution in [0.2, 0.25) is 0 Å². The SMILES string of the molecule is Cc1nnc(CNc2cc(OCC[C@H]3C[C@@H]3c3ccccn3)nc(C(F)(F)F)n2)s1. The third kappa shape index (κ3) is 5.21. The first-order chi connectivity index (χ1) is 14.4. The number of aryl methyl sites for hydroxylation is 1. The molecule has 3 aromatic rings. The summed E-state index contributed by atoms with van der Waals surface area (Å²) in [5.41, 5.74) is 1.04. The average Bonchev–Trinajstić information content (AvgIpc) is 3.37.